The van der Waals surface area contributed by atoms with E-state index in [0.717, 1.165) is 4.31 Å². The summed E-state index contributed by atoms with van der Waals surface area (Å²) in [6.45, 7) is 4.97. The molecule has 34 heavy (non-hydrogen) atoms. The van der Waals surface area contributed by atoms with Gasteiger partial charge in [0, 0.05) is 0 Å². The van der Waals surface area contributed by atoms with Gasteiger partial charge < -0.3 is 10.1 Å². The number of rotatable bonds is 9. The molecule has 0 aliphatic rings. The van der Waals surface area contributed by atoms with Gasteiger partial charge in [0.2, 0.25) is 0 Å². The summed E-state index contributed by atoms with van der Waals surface area (Å²) in [6, 6.07) is 19.4. The molecule has 0 aliphatic heterocycles. The molecule has 1 N–H and O–H groups in total. The van der Waals surface area contributed by atoms with Crippen molar-refractivity contribution in [3.63, 3.8) is 0 Å². The fourth-order valence-corrected chi connectivity index (χ4v) is 4.53. The minimum absolute atomic E-state index is 0.0221. The predicted octanol–water partition coefficient (Wildman–Crippen LogP) is 4.39. The number of hydrogen-bond donors (Lipinski definition) is 1. The van der Waals surface area contributed by atoms with Gasteiger partial charge in [0.05, 0.1) is 28.4 Å². The minimum atomic E-state index is -4.03. The number of para-hydroxylation sites is 2. The summed E-state index contributed by atoms with van der Waals surface area (Å²) in [5.74, 6) is -2.26. The van der Waals surface area contributed by atoms with Crippen molar-refractivity contribution in [2.45, 2.75) is 17.9 Å². The van der Waals surface area contributed by atoms with E-state index in [0.29, 0.717) is 5.69 Å². The van der Waals surface area contributed by atoms with Crippen molar-refractivity contribution < 1.29 is 27.1 Å². The van der Waals surface area contributed by atoms with Gasteiger partial charge in [-0.25, -0.2) is 17.6 Å². The molecule has 3 aromatic rings. The number of hydrogen-bond acceptors (Lipinski definition) is 5. The van der Waals surface area contributed by atoms with Crippen LogP contribution in [0.15, 0.2) is 96.4 Å². The molecular weight excluding hydrogens is 459 g/mol. The van der Waals surface area contributed by atoms with Crippen LogP contribution >= 0.6 is 0 Å². The summed E-state index contributed by atoms with van der Waals surface area (Å²) in [5, 5.41) is 2.35. The first-order chi connectivity index (χ1) is 16.2. The average molecular weight is 483 g/mol. The van der Waals surface area contributed by atoms with Gasteiger partial charge in [-0.3, -0.25) is 9.10 Å². The first-order valence-electron chi connectivity index (χ1n) is 10.3. The molecule has 3 aromatic carbocycles. The van der Waals surface area contributed by atoms with Crippen LogP contribution in [0.25, 0.3) is 0 Å². The second kappa shape index (κ2) is 10.8. The Morgan fingerprint density at radius 3 is 2.41 bits per heavy atom. The lowest BCUT2D eigenvalue weighted by Crippen LogP contribution is -2.32. The molecule has 1 amide bonds. The van der Waals surface area contributed by atoms with E-state index < -0.39 is 33.8 Å². The Bertz CT molecular complexity index is 1300. The Balaban J connectivity index is 1.78. The van der Waals surface area contributed by atoms with Crippen LogP contribution in [0.5, 0.6) is 0 Å². The van der Waals surface area contributed by atoms with Crippen LogP contribution in [0.4, 0.5) is 15.8 Å². The molecule has 1 atom stereocenters. The maximum absolute atomic E-state index is 13.8. The second-order valence-electron chi connectivity index (χ2n) is 7.20. The zero-order chi connectivity index (χ0) is 24.7. The lowest BCUT2D eigenvalue weighted by molar-refractivity contribution is -0.123. The highest BCUT2D eigenvalue weighted by Gasteiger charge is 2.26. The molecular formula is C25H23FN2O5S. The highest BCUT2D eigenvalue weighted by molar-refractivity contribution is 7.92. The molecule has 0 radical (unpaired) electrons. The first kappa shape index (κ1) is 24.7. The number of amides is 1. The molecule has 3 rings (SSSR count). The van der Waals surface area contributed by atoms with Crippen molar-refractivity contribution in [1.82, 2.24) is 0 Å². The zero-order valence-electron chi connectivity index (χ0n) is 18.3. The third kappa shape index (κ3) is 5.68. The SMILES string of the molecule is C=CCN(c1ccccc1)S(=O)(=O)c1cccc(C(=O)OC(C)C(=O)Nc2ccccc2F)c1. The summed E-state index contributed by atoms with van der Waals surface area (Å²) in [4.78, 5) is 24.8. The van der Waals surface area contributed by atoms with Gasteiger partial charge in [-0.15, -0.1) is 6.58 Å². The predicted molar refractivity (Wildman–Crippen MR) is 128 cm³/mol. The molecule has 0 aromatic heterocycles. The number of esters is 1. The van der Waals surface area contributed by atoms with Crippen molar-refractivity contribution >= 4 is 33.3 Å². The third-order valence-corrected chi connectivity index (χ3v) is 6.57. The Hall–Kier alpha value is -3.98. The number of ether oxygens (including phenoxy) is 1. The smallest absolute Gasteiger partial charge is 0.338 e. The molecule has 0 saturated carbocycles. The standard InChI is InChI=1S/C25H23FN2O5S/c1-3-16-28(20-11-5-4-6-12-20)34(31,32)21-13-9-10-19(17-21)25(30)33-18(2)24(29)27-23-15-8-7-14-22(23)26/h3-15,17-18H,1,16H2,2H3,(H,27,29). The summed E-state index contributed by atoms with van der Waals surface area (Å²) in [5.41, 5.74) is 0.332. The van der Waals surface area contributed by atoms with Gasteiger partial charge in [-0.05, 0) is 49.4 Å². The summed E-state index contributed by atoms with van der Waals surface area (Å²) in [7, 11) is -4.03. The van der Waals surface area contributed by atoms with E-state index in [1.54, 1.807) is 36.4 Å². The molecule has 0 fully saturated rings. The van der Waals surface area contributed by atoms with E-state index in [9.17, 15) is 22.4 Å². The number of sulfonamides is 1. The van der Waals surface area contributed by atoms with E-state index in [1.165, 1.54) is 55.5 Å². The van der Waals surface area contributed by atoms with Gasteiger partial charge in [0.1, 0.15) is 5.82 Å². The maximum atomic E-state index is 13.8. The Morgan fingerprint density at radius 1 is 1.06 bits per heavy atom. The van der Waals surface area contributed by atoms with Crippen LogP contribution in [-0.4, -0.2) is 32.9 Å². The first-order valence-corrected chi connectivity index (χ1v) is 11.7. The highest BCUT2D eigenvalue weighted by Crippen LogP contribution is 2.24. The minimum Gasteiger partial charge on any atom is -0.449 e. The topological polar surface area (TPSA) is 92.8 Å². The van der Waals surface area contributed by atoms with E-state index >= 15 is 0 Å². The largest absolute Gasteiger partial charge is 0.449 e. The maximum Gasteiger partial charge on any atom is 0.338 e. The van der Waals surface area contributed by atoms with Gasteiger partial charge in [0.15, 0.2) is 6.10 Å². The molecule has 9 heteroatoms. The molecule has 7 nitrogen and oxygen atoms in total. The Kier molecular flexibility index (Phi) is 7.80. The third-order valence-electron chi connectivity index (χ3n) is 4.78. The van der Waals surface area contributed by atoms with Crippen molar-refractivity contribution in [3.8, 4) is 0 Å². The quantitative estimate of drug-likeness (QED) is 0.361. The second-order valence-corrected chi connectivity index (χ2v) is 9.07. The van der Waals surface area contributed by atoms with E-state index in [-0.39, 0.29) is 22.7 Å². The van der Waals surface area contributed by atoms with Crippen molar-refractivity contribution in [2.24, 2.45) is 0 Å². The van der Waals surface area contributed by atoms with Crippen molar-refractivity contribution in [2.75, 3.05) is 16.2 Å². The number of benzene rings is 3. The van der Waals surface area contributed by atoms with Crippen LogP contribution in [0, 0.1) is 5.82 Å². The van der Waals surface area contributed by atoms with Crippen LogP contribution in [-0.2, 0) is 19.6 Å². The van der Waals surface area contributed by atoms with Crippen LogP contribution in [0.1, 0.15) is 17.3 Å². The van der Waals surface area contributed by atoms with E-state index in [1.807, 2.05) is 0 Å². The Labute approximate surface area is 197 Å². The number of carbonyl (C=O) groups is 2. The molecule has 1 unspecified atom stereocenters. The monoisotopic (exact) mass is 482 g/mol. The number of carbonyl (C=O) groups excluding carboxylic acids is 2. The van der Waals surface area contributed by atoms with Crippen LogP contribution in [0.2, 0.25) is 0 Å². The average Bonchev–Trinajstić information content (AvgIpc) is 2.84. The molecule has 0 saturated heterocycles. The molecule has 0 aliphatic carbocycles. The lowest BCUT2D eigenvalue weighted by Gasteiger charge is -2.23. The zero-order valence-corrected chi connectivity index (χ0v) is 19.2. The fourth-order valence-electron chi connectivity index (χ4n) is 3.04. The van der Waals surface area contributed by atoms with Gasteiger partial charge in [-0.2, -0.15) is 0 Å². The Morgan fingerprint density at radius 2 is 1.74 bits per heavy atom. The van der Waals surface area contributed by atoms with Gasteiger partial charge in [0.25, 0.3) is 15.9 Å². The van der Waals surface area contributed by atoms with Gasteiger partial charge >= 0.3 is 5.97 Å². The lowest BCUT2D eigenvalue weighted by atomic mass is 10.2. The number of anilines is 2. The van der Waals surface area contributed by atoms with Crippen LogP contribution in [0.3, 0.4) is 0 Å². The number of nitrogens with zero attached hydrogens (tertiary/aromatic N) is 1. The molecule has 0 bridgehead atoms. The summed E-state index contributed by atoms with van der Waals surface area (Å²) < 4.78 is 46.7. The van der Waals surface area contributed by atoms with E-state index in [4.69, 9.17) is 4.74 Å². The van der Waals surface area contributed by atoms with Crippen LogP contribution < -0.4 is 9.62 Å². The number of halogens is 1. The van der Waals surface area contributed by atoms with E-state index in [2.05, 4.69) is 11.9 Å². The number of nitrogens with one attached hydrogen (secondary N) is 1. The summed E-state index contributed by atoms with van der Waals surface area (Å²) in [6.07, 6.45) is 0.201. The normalized spacial score (nSPS) is 11.8. The van der Waals surface area contributed by atoms with Crippen molar-refractivity contribution in [3.05, 3.63) is 103 Å². The highest BCUT2D eigenvalue weighted by atomic mass is 32.2. The molecule has 0 heterocycles. The molecule has 176 valence electrons. The fraction of sp³-hybridized carbons (Fsp3) is 0.120. The van der Waals surface area contributed by atoms with Gasteiger partial charge in [-0.1, -0.05) is 42.5 Å². The van der Waals surface area contributed by atoms with Crippen molar-refractivity contribution in [1.29, 1.82) is 0 Å². The summed E-state index contributed by atoms with van der Waals surface area (Å²) >= 11 is 0. The molecule has 0 spiro atoms.